The lowest BCUT2D eigenvalue weighted by Crippen LogP contribution is -2.12. The quantitative estimate of drug-likeness (QED) is 0.837. The van der Waals surface area contributed by atoms with Crippen LogP contribution in [0.5, 0.6) is 11.5 Å². The fraction of sp³-hybridized carbons (Fsp3) is 0.417. The minimum absolute atomic E-state index is 0.161. The van der Waals surface area contributed by atoms with Gasteiger partial charge >= 0.3 is 0 Å². The molecule has 2 N–H and O–H groups in total. The second kappa shape index (κ2) is 6.07. The number of benzene rings is 1. The summed E-state index contributed by atoms with van der Waals surface area (Å²) in [7, 11) is 3.19. The molecule has 1 aromatic rings. The molecule has 1 unspecified atom stereocenters. The van der Waals surface area contributed by atoms with Crippen LogP contribution in [0.3, 0.4) is 0 Å². The molecule has 0 radical (unpaired) electrons. The Labute approximate surface area is 112 Å². The monoisotopic (exact) mass is 273 g/mol. The van der Waals surface area contributed by atoms with Crippen LogP contribution in [0.2, 0.25) is 5.02 Å². The fourth-order valence-corrected chi connectivity index (χ4v) is 2.16. The zero-order valence-electron chi connectivity index (χ0n) is 10.1. The molecule has 94 valence electrons. The second-order valence-corrected chi connectivity index (χ2v) is 4.73. The zero-order valence-corrected chi connectivity index (χ0v) is 11.7. The van der Waals surface area contributed by atoms with Crippen LogP contribution in [0.1, 0.15) is 24.8 Å². The van der Waals surface area contributed by atoms with Gasteiger partial charge in [-0.15, -0.1) is 0 Å². The van der Waals surface area contributed by atoms with Crippen molar-refractivity contribution >= 4 is 28.8 Å². The molecular formula is C12H16ClNO2S. The largest absolute Gasteiger partial charge is 0.496 e. The second-order valence-electron chi connectivity index (χ2n) is 3.80. The highest BCUT2D eigenvalue weighted by Gasteiger charge is 2.16. The van der Waals surface area contributed by atoms with Gasteiger partial charge in [-0.1, -0.05) is 30.7 Å². The fourth-order valence-electron chi connectivity index (χ4n) is 1.68. The van der Waals surface area contributed by atoms with Gasteiger partial charge < -0.3 is 15.2 Å². The Morgan fingerprint density at radius 2 is 1.94 bits per heavy atom. The van der Waals surface area contributed by atoms with Crippen molar-refractivity contribution in [3.8, 4) is 11.5 Å². The van der Waals surface area contributed by atoms with E-state index in [2.05, 4.69) is 0 Å². The van der Waals surface area contributed by atoms with E-state index in [9.17, 15) is 0 Å². The van der Waals surface area contributed by atoms with Gasteiger partial charge in [-0.25, -0.2) is 0 Å². The predicted octanol–water partition coefficient (Wildman–Crippen LogP) is 3.14. The molecule has 0 aliphatic heterocycles. The van der Waals surface area contributed by atoms with E-state index in [4.69, 9.17) is 39.0 Å². The van der Waals surface area contributed by atoms with E-state index < -0.39 is 0 Å². The van der Waals surface area contributed by atoms with E-state index in [0.717, 1.165) is 11.3 Å². The minimum atomic E-state index is 0.161. The number of rotatable bonds is 5. The summed E-state index contributed by atoms with van der Waals surface area (Å²) >= 11 is 11.0. The van der Waals surface area contributed by atoms with Crippen LogP contribution in [-0.4, -0.2) is 19.2 Å². The van der Waals surface area contributed by atoms with Crippen molar-refractivity contribution in [1.29, 1.82) is 0 Å². The molecule has 0 bridgehead atoms. The Bertz CT molecular complexity index is 423. The molecule has 1 rings (SSSR count). The highest BCUT2D eigenvalue weighted by Crippen LogP contribution is 2.37. The number of methoxy groups -OCH3 is 2. The Morgan fingerprint density at radius 3 is 2.41 bits per heavy atom. The van der Waals surface area contributed by atoms with E-state index in [1.165, 1.54) is 0 Å². The lowest BCUT2D eigenvalue weighted by atomic mass is 9.96. The number of ether oxygens (including phenoxy) is 2. The van der Waals surface area contributed by atoms with Gasteiger partial charge in [0, 0.05) is 18.1 Å². The highest BCUT2D eigenvalue weighted by molar-refractivity contribution is 7.80. The van der Waals surface area contributed by atoms with E-state index in [0.29, 0.717) is 22.2 Å². The van der Waals surface area contributed by atoms with Crippen molar-refractivity contribution < 1.29 is 9.47 Å². The van der Waals surface area contributed by atoms with Crippen LogP contribution in [0.25, 0.3) is 0 Å². The molecule has 1 atom stereocenters. The van der Waals surface area contributed by atoms with Crippen LogP contribution in [0.4, 0.5) is 0 Å². The molecule has 0 fully saturated rings. The van der Waals surface area contributed by atoms with Crippen molar-refractivity contribution in [2.24, 2.45) is 5.73 Å². The lowest BCUT2D eigenvalue weighted by molar-refractivity contribution is 0.396. The first-order chi connectivity index (χ1) is 7.99. The van der Waals surface area contributed by atoms with Gasteiger partial charge in [-0.05, 0) is 12.0 Å². The molecule has 5 heteroatoms. The first-order valence-electron chi connectivity index (χ1n) is 5.19. The third kappa shape index (κ3) is 3.48. The lowest BCUT2D eigenvalue weighted by Gasteiger charge is -2.17. The Kier molecular flexibility index (Phi) is 5.02. The first-order valence-corrected chi connectivity index (χ1v) is 5.98. The summed E-state index contributed by atoms with van der Waals surface area (Å²) in [5.74, 6) is 1.51. The molecule has 0 aliphatic rings. The summed E-state index contributed by atoms with van der Waals surface area (Å²) in [5, 5.41) is 0.524. The van der Waals surface area contributed by atoms with E-state index >= 15 is 0 Å². The first kappa shape index (κ1) is 14.1. The van der Waals surface area contributed by atoms with Crippen LogP contribution in [0.15, 0.2) is 12.1 Å². The highest BCUT2D eigenvalue weighted by atomic mass is 35.5. The van der Waals surface area contributed by atoms with Crippen LogP contribution < -0.4 is 15.2 Å². The number of hydrogen-bond donors (Lipinski definition) is 1. The molecule has 0 saturated heterocycles. The number of halogens is 1. The average molecular weight is 274 g/mol. The van der Waals surface area contributed by atoms with E-state index in [1.54, 1.807) is 20.3 Å². The summed E-state index contributed by atoms with van der Waals surface area (Å²) in [4.78, 5) is 0.480. The van der Waals surface area contributed by atoms with Gasteiger partial charge in [0.25, 0.3) is 0 Å². The normalized spacial score (nSPS) is 12.0. The maximum absolute atomic E-state index is 6.04. The smallest absolute Gasteiger partial charge is 0.138 e. The molecule has 0 aliphatic carbocycles. The van der Waals surface area contributed by atoms with Gasteiger partial charge in [-0.2, -0.15) is 0 Å². The zero-order chi connectivity index (χ0) is 13.0. The van der Waals surface area contributed by atoms with Crippen molar-refractivity contribution in [1.82, 2.24) is 0 Å². The number of thiocarbonyl (C=S) groups is 1. The average Bonchev–Trinajstić information content (AvgIpc) is 2.27. The van der Waals surface area contributed by atoms with Crippen LogP contribution >= 0.6 is 23.8 Å². The molecule has 0 saturated carbocycles. The third-order valence-corrected chi connectivity index (χ3v) is 3.00. The topological polar surface area (TPSA) is 44.5 Å². The molecule has 17 heavy (non-hydrogen) atoms. The maximum Gasteiger partial charge on any atom is 0.138 e. The number of hydrogen-bond acceptors (Lipinski definition) is 3. The molecule has 0 amide bonds. The predicted molar refractivity (Wildman–Crippen MR) is 74.4 cm³/mol. The van der Waals surface area contributed by atoms with Crippen molar-refractivity contribution in [3.05, 3.63) is 22.7 Å². The molecule has 0 heterocycles. The number of nitrogens with two attached hydrogens (primary N) is 1. The van der Waals surface area contributed by atoms with Gasteiger partial charge in [0.2, 0.25) is 0 Å². The maximum atomic E-state index is 6.04. The van der Waals surface area contributed by atoms with E-state index in [-0.39, 0.29) is 5.92 Å². The van der Waals surface area contributed by atoms with Crippen molar-refractivity contribution in [2.45, 2.75) is 19.3 Å². The molecular weight excluding hydrogens is 258 g/mol. The summed E-state index contributed by atoms with van der Waals surface area (Å²) < 4.78 is 10.5. The summed E-state index contributed by atoms with van der Waals surface area (Å²) in [5.41, 5.74) is 6.54. The SMILES string of the molecule is COc1cc(C(C)CC(N)=S)c(OC)cc1Cl. The van der Waals surface area contributed by atoms with Gasteiger partial charge in [-0.3, -0.25) is 0 Å². The minimum Gasteiger partial charge on any atom is -0.496 e. The van der Waals surface area contributed by atoms with E-state index in [1.807, 2.05) is 13.0 Å². The summed E-state index contributed by atoms with van der Waals surface area (Å²) in [6, 6.07) is 3.61. The molecule has 0 aromatic heterocycles. The van der Waals surface area contributed by atoms with Crippen LogP contribution in [0, 0.1) is 0 Å². The summed E-state index contributed by atoms with van der Waals surface area (Å²) in [6.45, 7) is 2.03. The third-order valence-electron chi connectivity index (χ3n) is 2.54. The van der Waals surface area contributed by atoms with Gasteiger partial charge in [0.05, 0.1) is 24.2 Å². The molecule has 0 spiro atoms. The molecule has 1 aromatic carbocycles. The Balaban J connectivity index is 3.15. The standard InChI is InChI=1S/C12H16ClNO2S/c1-7(4-12(14)17)8-5-11(16-3)9(13)6-10(8)15-2/h5-7H,4H2,1-3H3,(H2,14,17). The van der Waals surface area contributed by atoms with Crippen LogP contribution in [-0.2, 0) is 0 Å². The van der Waals surface area contributed by atoms with Crippen molar-refractivity contribution in [3.63, 3.8) is 0 Å². The van der Waals surface area contributed by atoms with Crippen molar-refractivity contribution in [2.75, 3.05) is 14.2 Å². The Morgan fingerprint density at radius 1 is 1.35 bits per heavy atom. The van der Waals surface area contributed by atoms with Gasteiger partial charge in [0.15, 0.2) is 0 Å². The summed E-state index contributed by atoms with van der Waals surface area (Å²) in [6.07, 6.45) is 0.622. The Hall–Kier alpha value is -1.00. The van der Waals surface area contributed by atoms with Gasteiger partial charge in [0.1, 0.15) is 11.5 Å². The molecule has 3 nitrogen and oxygen atoms in total.